The van der Waals surface area contributed by atoms with Crippen molar-refractivity contribution in [1.29, 1.82) is 0 Å². The van der Waals surface area contributed by atoms with Crippen molar-refractivity contribution in [3.63, 3.8) is 0 Å². The molecule has 0 saturated carbocycles. The summed E-state index contributed by atoms with van der Waals surface area (Å²) in [7, 11) is 0. The van der Waals surface area contributed by atoms with Gasteiger partial charge in [-0.2, -0.15) is 8.78 Å². The second kappa shape index (κ2) is 8.99. The van der Waals surface area contributed by atoms with Gasteiger partial charge in [0.05, 0.1) is 0 Å². The standard InChI is InChI=1S/C23H17F7O/c1-2-3-4-13-9-17(24)21(18(25)10-13)23(29,30)31-16-7-5-14(6-8-16)15-11-19(26)22(28)20(27)12-15/h5-12H,2-4H2,1H3. The Kier molecular flexibility index (Phi) is 6.57. The maximum Gasteiger partial charge on any atom is 0.432 e. The first-order valence-electron chi connectivity index (χ1n) is 9.42. The Balaban J connectivity index is 1.84. The number of alkyl halides is 2. The molecule has 0 fully saturated rings. The molecular formula is C23H17F7O. The number of aryl methyl sites for hydroxylation is 1. The van der Waals surface area contributed by atoms with E-state index in [-0.39, 0.29) is 16.7 Å². The molecule has 3 aromatic rings. The highest BCUT2D eigenvalue weighted by molar-refractivity contribution is 5.64. The van der Waals surface area contributed by atoms with Gasteiger partial charge in [-0.25, -0.2) is 22.0 Å². The van der Waals surface area contributed by atoms with Gasteiger partial charge in [0.15, 0.2) is 17.5 Å². The van der Waals surface area contributed by atoms with Crippen LogP contribution in [0.1, 0.15) is 30.9 Å². The van der Waals surface area contributed by atoms with Crippen LogP contribution in [0.15, 0.2) is 48.5 Å². The first-order valence-corrected chi connectivity index (χ1v) is 9.42. The first kappa shape index (κ1) is 22.7. The molecule has 0 unspecified atom stereocenters. The van der Waals surface area contributed by atoms with Crippen molar-refractivity contribution < 1.29 is 35.5 Å². The van der Waals surface area contributed by atoms with E-state index in [1.165, 1.54) is 12.1 Å². The van der Waals surface area contributed by atoms with E-state index in [1.807, 2.05) is 6.92 Å². The van der Waals surface area contributed by atoms with Crippen molar-refractivity contribution in [3.05, 3.63) is 88.7 Å². The van der Waals surface area contributed by atoms with E-state index in [9.17, 15) is 30.7 Å². The molecule has 0 atom stereocenters. The monoisotopic (exact) mass is 442 g/mol. The molecule has 0 aliphatic carbocycles. The van der Waals surface area contributed by atoms with E-state index < -0.39 is 46.5 Å². The van der Waals surface area contributed by atoms with Crippen LogP contribution in [0.25, 0.3) is 11.1 Å². The van der Waals surface area contributed by atoms with Gasteiger partial charge in [0, 0.05) is 0 Å². The van der Waals surface area contributed by atoms with Gasteiger partial charge >= 0.3 is 6.11 Å². The van der Waals surface area contributed by atoms with Gasteiger partial charge in [-0.15, -0.1) is 0 Å². The third-order valence-corrected chi connectivity index (χ3v) is 4.63. The first-order chi connectivity index (χ1) is 14.6. The smallest absolute Gasteiger partial charge is 0.429 e. The van der Waals surface area contributed by atoms with Crippen LogP contribution in [0.5, 0.6) is 5.75 Å². The minimum atomic E-state index is -4.31. The van der Waals surface area contributed by atoms with Crippen molar-refractivity contribution in [1.82, 2.24) is 0 Å². The largest absolute Gasteiger partial charge is 0.432 e. The molecule has 31 heavy (non-hydrogen) atoms. The fourth-order valence-electron chi connectivity index (χ4n) is 3.07. The lowest BCUT2D eigenvalue weighted by Gasteiger charge is -2.20. The molecule has 0 heterocycles. The van der Waals surface area contributed by atoms with E-state index in [2.05, 4.69) is 4.74 Å². The van der Waals surface area contributed by atoms with Crippen LogP contribution >= 0.6 is 0 Å². The second-order valence-electron chi connectivity index (χ2n) is 6.94. The Morgan fingerprint density at radius 2 is 1.29 bits per heavy atom. The molecule has 164 valence electrons. The Morgan fingerprint density at radius 1 is 0.742 bits per heavy atom. The highest BCUT2D eigenvalue weighted by Crippen LogP contribution is 2.36. The summed E-state index contributed by atoms with van der Waals surface area (Å²) in [6.07, 6.45) is -2.53. The number of unbranched alkanes of at least 4 members (excludes halogenated alkanes) is 1. The van der Waals surface area contributed by atoms with Crippen LogP contribution in [0.2, 0.25) is 0 Å². The molecule has 0 aromatic heterocycles. The minimum Gasteiger partial charge on any atom is -0.429 e. The summed E-state index contributed by atoms with van der Waals surface area (Å²) in [4.78, 5) is 0. The summed E-state index contributed by atoms with van der Waals surface area (Å²) in [5, 5.41) is 0. The average molecular weight is 442 g/mol. The van der Waals surface area contributed by atoms with E-state index >= 15 is 0 Å². The fraction of sp³-hybridized carbons (Fsp3) is 0.217. The van der Waals surface area contributed by atoms with Gasteiger partial charge in [0.1, 0.15) is 22.9 Å². The van der Waals surface area contributed by atoms with Crippen molar-refractivity contribution in [2.45, 2.75) is 32.3 Å². The highest BCUT2D eigenvalue weighted by Gasteiger charge is 2.41. The zero-order valence-electron chi connectivity index (χ0n) is 16.3. The number of benzene rings is 3. The van der Waals surface area contributed by atoms with Gasteiger partial charge in [0.25, 0.3) is 0 Å². The SMILES string of the molecule is CCCCc1cc(F)c(C(F)(F)Oc2ccc(-c3cc(F)c(F)c(F)c3)cc2)c(F)c1. The normalized spacial score (nSPS) is 11.6. The summed E-state index contributed by atoms with van der Waals surface area (Å²) in [6.45, 7) is 1.89. The Bertz CT molecular complexity index is 1030. The lowest BCUT2D eigenvalue weighted by molar-refractivity contribution is -0.189. The van der Waals surface area contributed by atoms with Crippen molar-refractivity contribution in [2.75, 3.05) is 0 Å². The van der Waals surface area contributed by atoms with E-state index in [0.717, 1.165) is 42.8 Å². The molecule has 0 saturated heterocycles. The maximum atomic E-state index is 14.5. The lowest BCUT2D eigenvalue weighted by Crippen LogP contribution is -2.25. The molecule has 3 aromatic carbocycles. The number of rotatable bonds is 7. The summed E-state index contributed by atoms with van der Waals surface area (Å²) in [5.74, 6) is -7.74. The third kappa shape index (κ3) is 5.00. The summed E-state index contributed by atoms with van der Waals surface area (Å²) in [6, 6.07) is 7.65. The molecule has 0 aliphatic heterocycles. The number of halogens is 7. The minimum absolute atomic E-state index is 0.0329. The predicted octanol–water partition coefficient (Wildman–Crippen LogP) is 7.52. The van der Waals surface area contributed by atoms with E-state index in [0.29, 0.717) is 12.8 Å². The molecule has 0 spiro atoms. The zero-order chi connectivity index (χ0) is 22.8. The molecule has 1 nitrogen and oxygen atoms in total. The van der Waals surface area contributed by atoms with Gasteiger partial charge < -0.3 is 4.74 Å². The van der Waals surface area contributed by atoms with Gasteiger partial charge in [-0.1, -0.05) is 25.5 Å². The van der Waals surface area contributed by atoms with Crippen molar-refractivity contribution in [2.24, 2.45) is 0 Å². The van der Waals surface area contributed by atoms with E-state index in [4.69, 9.17) is 0 Å². The van der Waals surface area contributed by atoms with Crippen molar-refractivity contribution in [3.8, 4) is 16.9 Å². The van der Waals surface area contributed by atoms with E-state index in [1.54, 1.807) is 0 Å². The second-order valence-corrected chi connectivity index (χ2v) is 6.94. The van der Waals surface area contributed by atoms with Crippen LogP contribution < -0.4 is 4.74 Å². The molecule has 8 heteroatoms. The maximum absolute atomic E-state index is 14.5. The van der Waals surface area contributed by atoms with Crippen LogP contribution in [0.3, 0.4) is 0 Å². The molecule has 0 bridgehead atoms. The number of hydrogen-bond donors (Lipinski definition) is 0. The summed E-state index contributed by atoms with van der Waals surface area (Å²) in [5.41, 5.74) is -1.10. The molecule has 0 amide bonds. The quantitative estimate of drug-likeness (QED) is 0.272. The van der Waals surface area contributed by atoms with Crippen LogP contribution in [0, 0.1) is 29.1 Å². The molecule has 0 aliphatic rings. The summed E-state index contributed by atoms with van der Waals surface area (Å²) >= 11 is 0. The highest BCUT2D eigenvalue weighted by atomic mass is 19.3. The molecular weight excluding hydrogens is 425 g/mol. The zero-order valence-corrected chi connectivity index (χ0v) is 16.3. The van der Waals surface area contributed by atoms with Crippen LogP contribution in [0.4, 0.5) is 30.7 Å². The lowest BCUT2D eigenvalue weighted by atomic mass is 10.0. The fourth-order valence-corrected chi connectivity index (χ4v) is 3.07. The molecule has 0 radical (unpaired) electrons. The topological polar surface area (TPSA) is 9.23 Å². The number of hydrogen-bond acceptors (Lipinski definition) is 1. The molecule has 0 N–H and O–H groups in total. The predicted molar refractivity (Wildman–Crippen MR) is 101 cm³/mol. The van der Waals surface area contributed by atoms with Gasteiger partial charge in [-0.3, -0.25) is 0 Å². The Hall–Kier alpha value is -3.03. The number of ether oxygens (including phenoxy) is 1. The van der Waals surface area contributed by atoms with Crippen LogP contribution in [-0.4, -0.2) is 0 Å². The Morgan fingerprint density at radius 3 is 1.81 bits per heavy atom. The van der Waals surface area contributed by atoms with Gasteiger partial charge in [-0.05, 0) is 65.9 Å². The average Bonchev–Trinajstić information content (AvgIpc) is 2.69. The van der Waals surface area contributed by atoms with Crippen molar-refractivity contribution >= 4 is 0 Å². The third-order valence-electron chi connectivity index (χ3n) is 4.63. The molecule has 3 rings (SSSR count). The van der Waals surface area contributed by atoms with Gasteiger partial charge in [0.2, 0.25) is 0 Å². The Labute approximate surface area is 174 Å². The summed E-state index contributed by atoms with van der Waals surface area (Å²) < 4.78 is 102. The van der Waals surface area contributed by atoms with Crippen LogP contribution in [-0.2, 0) is 12.5 Å².